The number of carbonyl (C=O) groups is 2. The number of halogens is 3. The second kappa shape index (κ2) is 21.3. The van der Waals surface area contributed by atoms with Crippen molar-refractivity contribution in [2.75, 3.05) is 99.8 Å². The van der Waals surface area contributed by atoms with Gasteiger partial charge in [0.2, 0.25) is 17.8 Å². The van der Waals surface area contributed by atoms with Gasteiger partial charge in [-0.1, -0.05) is 13.0 Å². The van der Waals surface area contributed by atoms with Gasteiger partial charge in [0.25, 0.3) is 0 Å². The van der Waals surface area contributed by atoms with Crippen LogP contribution in [-0.4, -0.2) is 122 Å². The molecule has 2 aromatic heterocycles. The van der Waals surface area contributed by atoms with E-state index in [-0.39, 0.29) is 18.4 Å². The lowest BCUT2D eigenvalue weighted by Gasteiger charge is -2.44. The van der Waals surface area contributed by atoms with Crippen LogP contribution >= 0.6 is 23.1 Å². The third-order valence-electron chi connectivity index (χ3n) is 15.6. The Morgan fingerprint density at radius 1 is 0.833 bits per heavy atom. The van der Waals surface area contributed by atoms with E-state index < -0.39 is 36.5 Å². The smallest absolute Gasteiger partial charge is 0.234 e. The van der Waals surface area contributed by atoms with E-state index in [4.69, 9.17) is 14.7 Å². The minimum atomic E-state index is -2.74. The van der Waals surface area contributed by atoms with E-state index in [9.17, 15) is 14.2 Å². The van der Waals surface area contributed by atoms with E-state index in [1.54, 1.807) is 26.6 Å². The van der Waals surface area contributed by atoms with Crippen molar-refractivity contribution in [2.45, 2.75) is 89.0 Å². The van der Waals surface area contributed by atoms with Crippen LogP contribution in [0.2, 0.25) is 0 Å². The molecule has 3 N–H and O–H groups in total. The Kier molecular flexibility index (Phi) is 14.9. The number of ether oxygens (including phenoxy) is 1. The van der Waals surface area contributed by atoms with Crippen molar-refractivity contribution in [1.29, 1.82) is 0 Å². The summed E-state index contributed by atoms with van der Waals surface area (Å²) >= 11 is 3.65. The zero-order valence-corrected chi connectivity index (χ0v) is 44.3. The Morgan fingerprint density at radius 2 is 1.56 bits per heavy atom. The molecule has 2 amide bonds. The van der Waals surface area contributed by atoms with Crippen LogP contribution < -0.4 is 35.8 Å². The minimum Gasteiger partial charge on any atom is -0.494 e. The third-order valence-corrected chi connectivity index (χ3v) is 17.8. The van der Waals surface area contributed by atoms with Gasteiger partial charge >= 0.3 is 0 Å². The highest BCUT2D eigenvalue weighted by Gasteiger charge is 2.34. The number of nitrogens with zero attached hydrogens (tertiary/aromatic N) is 7. The first-order valence-corrected chi connectivity index (χ1v) is 29.2. The van der Waals surface area contributed by atoms with Gasteiger partial charge in [0.15, 0.2) is 0 Å². The number of pyridine rings is 1. The molecule has 3 aromatic carbocycles. The van der Waals surface area contributed by atoms with Crippen LogP contribution in [0.1, 0.15) is 93.4 Å². The van der Waals surface area contributed by atoms with E-state index in [0.29, 0.717) is 45.6 Å². The average molecular weight is 1070 g/mol. The first-order chi connectivity index (χ1) is 34.7. The summed E-state index contributed by atoms with van der Waals surface area (Å²) in [6, 6.07) is 15.6. The second-order valence-electron chi connectivity index (χ2n) is 20.7. The SMILES string of the molecule is CCc1cc(Nc2ncc(Br)c(Nc3ccc4nc(C5CC5)ccc4c3P(C)(C)=O)n2)c(OC)cc1N1CCC(N2CCN(CCC3CCN(c4cc(F)c(C5CCC(=O)NC5=O)c(F)c4)CC3)CC2)CC1. The molecule has 6 heterocycles. The predicted molar refractivity (Wildman–Crippen MR) is 286 cm³/mol. The molecule has 4 saturated heterocycles. The number of piperazine rings is 1. The summed E-state index contributed by atoms with van der Waals surface area (Å²) in [5.74, 6) is -0.741. The number of carbonyl (C=O) groups excluding carboxylic acids is 2. The fraction of sp³-hybridized carbons (Fsp3) is 0.500. The Morgan fingerprint density at radius 3 is 2.22 bits per heavy atom. The van der Waals surface area contributed by atoms with E-state index in [0.717, 1.165) is 131 Å². The van der Waals surface area contributed by atoms with Gasteiger partial charge < -0.3 is 34.6 Å². The van der Waals surface area contributed by atoms with Crippen LogP contribution in [0.4, 0.5) is 43.3 Å². The van der Waals surface area contributed by atoms with Crippen LogP contribution in [0, 0.1) is 17.6 Å². The number of rotatable bonds is 15. The van der Waals surface area contributed by atoms with Crippen molar-refractivity contribution >= 4 is 85.6 Å². The number of imide groups is 1. The zero-order valence-electron chi connectivity index (χ0n) is 41.8. The van der Waals surface area contributed by atoms with Crippen molar-refractivity contribution in [3.05, 3.63) is 87.7 Å². The standard InChI is InChI=1S/C54H66BrF2N10O4P/c1-5-34-28-46(61-54-58-32-40(55)52(63-54)60-45-12-11-44-38(51(45)72(3,4)70)8-10-43(59-44)35-6-7-35)48(71-2)31-47(34)67-22-17-36(18-23-67)66-26-24-64(25-27-66)19-14-33-15-20-65(21-16-33)37-29-41(56)50(42(57)30-37)39-9-13-49(68)62-53(39)69/h8,10-12,28-33,35-36,39H,5-7,9,13-27H2,1-4H3,(H,62,68,69)(H2,58,60,61,63). The molecule has 1 saturated carbocycles. The molecule has 0 radical (unpaired) electrons. The first-order valence-electron chi connectivity index (χ1n) is 25.8. The molecule has 0 bridgehead atoms. The maximum atomic E-state index is 15.2. The van der Waals surface area contributed by atoms with Gasteiger partial charge in [-0.15, -0.1) is 0 Å². The Balaban J connectivity index is 0.704. The van der Waals surface area contributed by atoms with Gasteiger partial charge in [-0.2, -0.15) is 4.98 Å². The number of fused-ring (bicyclic) bond motifs is 1. The van der Waals surface area contributed by atoms with E-state index in [1.165, 1.54) is 36.2 Å². The van der Waals surface area contributed by atoms with E-state index in [2.05, 4.69) is 82.8 Å². The number of benzene rings is 3. The van der Waals surface area contributed by atoms with Gasteiger partial charge in [-0.05, 0) is 141 Å². The van der Waals surface area contributed by atoms with Gasteiger partial charge in [-0.3, -0.25) is 24.8 Å². The van der Waals surface area contributed by atoms with Crippen LogP contribution in [-0.2, 0) is 20.6 Å². The lowest BCUT2D eigenvalue weighted by atomic mass is 9.89. The maximum Gasteiger partial charge on any atom is 0.234 e. The zero-order chi connectivity index (χ0) is 50.3. The summed E-state index contributed by atoms with van der Waals surface area (Å²) in [7, 11) is -1.05. The molecule has 5 aromatic rings. The quantitative estimate of drug-likeness (QED) is 0.0676. The molecule has 1 aliphatic carbocycles. The maximum absolute atomic E-state index is 15.2. The second-order valence-corrected chi connectivity index (χ2v) is 24.7. The molecule has 1 atom stereocenters. The van der Waals surface area contributed by atoms with Crippen LogP contribution in [0.15, 0.2) is 59.2 Å². The number of piperidine rings is 3. The molecule has 382 valence electrons. The predicted octanol–water partition coefficient (Wildman–Crippen LogP) is 9.66. The number of aromatic nitrogens is 3. The molecule has 1 unspecified atom stereocenters. The lowest BCUT2D eigenvalue weighted by molar-refractivity contribution is -0.134. The van der Waals surface area contributed by atoms with Gasteiger partial charge in [-0.25, -0.2) is 13.8 Å². The first kappa shape index (κ1) is 50.3. The number of aryl methyl sites for hydroxylation is 1. The van der Waals surface area contributed by atoms with Crippen LogP contribution in [0.3, 0.4) is 0 Å². The van der Waals surface area contributed by atoms with Crippen molar-refractivity contribution in [1.82, 2.24) is 30.1 Å². The third kappa shape index (κ3) is 11.0. The number of methoxy groups -OCH3 is 1. The highest BCUT2D eigenvalue weighted by molar-refractivity contribution is 9.10. The molecule has 72 heavy (non-hydrogen) atoms. The normalized spacial score (nSPS) is 20.0. The number of hydrogen-bond donors (Lipinski definition) is 3. The van der Waals surface area contributed by atoms with Crippen LogP contribution in [0.25, 0.3) is 10.9 Å². The Labute approximate surface area is 429 Å². The summed E-state index contributed by atoms with van der Waals surface area (Å²) in [6.45, 7) is 14.5. The van der Waals surface area contributed by atoms with Gasteiger partial charge in [0.05, 0.1) is 34.4 Å². The fourth-order valence-corrected chi connectivity index (χ4v) is 13.2. The van der Waals surface area contributed by atoms with Crippen molar-refractivity contribution in [3.63, 3.8) is 0 Å². The highest BCUT2D eigenvalue weighted by Crippen LogP contribution is 2.44. The number of nitrogens with one attached hydrogen (secondary N) is 3. The van der Waals surface area contributed by atoms with Crippen molar-refractivity contribution in [3.8, 4) is 5.75 Å². The number of amides is 2. The molecule has 5 aliphatic rings. The number of hydrogen-bond acceptors (Lipinski definition) is 13. The van der Waals surface area contributed by atoms with E-state index >= 15 is 8.78 Å². The average Bonchev–Trinajstić information content (AvgIpc) is 4.23. The summed E-state index contributed by atoms with van der Waals surface area (Å²) < 4.78 is 51.0. The summed E-state index contributed by atoms with van der Waals surface area (Å²) in [5.41, 5.74) is 6.14. The molecule has 18 heteroatoms. The van der Waals surface area contributed by atoms with E-state index in [1.807, 2.05) is 17.0 Å². The Hall–Kier alpha value is -5.22. The molecule has 4 aliphatic heterocycles. The molecule has 5 fully saturated rings. The topological polar surface area (TPSA) is 148 Å². The summed E-state index contributed by atoms with van der Waals surface area (Å²) in [5, 5.41) is 10.8. The molecule has 10 rings (SSSR count). The van der Waals surface area contributed by atoms with Gasteiger partial charge in [0.1, 0.15) is 30.3 Å². The van der Waals surface area contributed by atoms with Crippen molar-refractivity contribution in [2.24, 2.45) is 5.92 Å². The highest BCUT2D eigenvalue weighted by atomic mass is 79.9. The summed E-state index contributed by atoms with van der Waals surface area (Å²) in [6.07, 6.45) is 10.3. The molecular formula is C54H66BrF2N10O4P. The molecular weight excluding hydrogens is 1000 g/mol. The Bertz CT molecular complexity index is 2870. The fourth-order valence-electron chi connectivity index (χ4n) is 11.4. The minimum absolute atomic E-state index is 0.0715. The van der Waals surface area contributed by atoms with Crippen molar-refractivity contribution < 1.29 is 27.7 Å². The number of anilines is 6. The van der Waals surface area contributed by atoms with Gasteiger partial charge in [0, 0.05) is 116 Å². The summed E-state index contributed by atoms with van der Waals surface area (Å²) in [4.78, 5) is 48.2. The monoisotopic (exact) mass is 1070 g/mol. The largest absolute Gasteiger partial charge is 0.494 e. The lowest BCUT2D eigenvalue weighted by Crippen LogP contribution is -2.53. The molecule has 0 spiro atoms. The molecule has 14 nitrogen and oxygen atoms in total. The van der Waals surface area contributed by atoms with Crippen LogP contribution in [0.5, 0.6) is 5.75 Å².